The van der Waals surface area contributed by atoms with Crippen LogP contribution in [-0.2, 0) is 25.4 Å². The number of carbonyl (C=O) groups is 3. The number of hydrogen-bond donors (Lipinski definition) is 2. The van der Waals surface area contributed by atoms with Crippen LogP contribution in [0, 0.1) is 6.92 Å². The van der Waals surface area contributed by atoms with Crippen LogP contribution in [0.25, 0.3) is 0 Å². The molecule has 0 aliphatic rings. The number of thiophene rings is 1. The van der Waals surface area contributed by atoms with Gasteiger partial charge in [-0.15, -0.1) is 11.3 Å². The van der Waals surface area contributed by atoms with Crippen LogP contribution in [0.1, 0.15) is 34.6 Å². The number of aryl methyl sites for hydroxylation is 1. The molecular weight excluding hydrogens is 474 g/mol. The molecular formula is C17H20F6N2O6S. The van der Waals surface area contributed by atoms with Crippen LogP contribution in [0.2, 0.25) is 0 Å². The molecule has 0 saturated carbocycles. The van der Waals surface area contributed by atoms with Crippen LogP contribution in [-0.4, -0.2) is 56.4 Å². The molecule has 182 valence electrons. The van der Waals surface area contributed by atoms with Gasteiger partial charge in [-0.25, -0.2) is 14.4 Å². The molecule has 1 atom stereocenters. The van der Waals surface area contributed by atoms with E-state index >= 15 is 0 Å². The van der Waals surface area contributed by atoms with Crippen LogP contribution in [0.15, 0.2) is 0 Å². The van der Waals surface area contributed by atoms with Crippen molar-refractivity contribution in [3.63, 3.8) is 0 Å². The van der Waals surface area contributed by atoms with Crippen LogP contribution in [0.4, 0.5) is 36.1 Å². The van der Waals surface area contributed by atoms with Crippen molar-refractivity contribution < 1.29 is 54.9 Å². The van der Waals surface area contributed by atoms with Gasteiger partial charge in [0, 0.05) is 4.88 Å². The van der Waals surface area contributed by atoms with Gasteiger partial charge in [-0.1, -0.05) is 6.92 Å². The fraction of sp³-hybridized carbons (Fsp3) is 0.588. The number of esters is 2. The third-order valence-electron chi connectivity index (χ3n) is 3.88. The van der Waals surface area contributed by atoms with Crippen molar-refractivity contribution in [3.05, 3.63) is 16.0 Å². The van der Waals surface area contributed by atoms with Gasteiger partial charge in [-0.2, -0.15) is 26.3 Å². The Kier molecular flexibility index (Phi) is 8.91. The van der Waals surface area contributed by atoms with Crippen molar-refractivity contribution in [2.24, 2.45) is 0 Å². The van der Waals surface area contributed by atoms with Gasteiger partial charge >= 0.3 is 36.0 Å². The van der Waals surface area contributed by atoms with E-state index in [1.807, 2.05) is 5.32 Å². The van der Waals surface area contributed by atoms with E-state index < -0.39 is 49.3 Å². The lowest BCUT2D eigenvalue weighted by Gasteiger charge is -2.33. The zero-order valence-corrected chi connectivity index (χ0v) is 18.1. The zero-order chi connectivity index (χ0) is 24.9. The zero-order valence-electron chi connectivity index (χ0n) is 17.2. The molecule has 1 heterocycles. The van der Waals surface area contributed by atoms with Crippen molar-refractivity contribution in [1.29, 1.82) is 0 Å². The minimum Gasteiger partial charge on any atom is -0.465 e. The summed E-state index contributed by atoms with van der Waals surface area (Å²) in [4.78, 5) is 36.9. The highest BCUT2D eigenvalue weighted by Gasteiger charge is 2.66. The summed E-state index contributed by atoms with van der Waals surface area (Å²) in [5.74, 6) is -3.21. The predicted octanol–water partition coefficient (Wildman–Crippen LogP) is 3.93. The SMILES string of the molecule is CCOC(=O)C(NC(=O)Nc1sc(C)c(CC)c1C(=O)OC)(OCC(F)(F)F)C(F)(F)F. The van der Waals surface area contributed by atoms with E-state index in [1.165, 1.54) is 0 Å². The predicted molar refractivity (Wildman–Crippen MR) is 99.4 cm³/mol. The molecule has 1 rings (SSSR count). The quantitative estimate of drug-likeness (QED) is 0.323. The van der Waals surface area contributed by atoms with Crippen molar-refractivity contribution in [3.8, 4) is 0 Å². The Hall–Kier alpha value is -2.55. The van der Waals surface area contributed by atoms with Crippen molar-refractivity contribution in [1.82, 2.24) is 5.32 Å². The fourth-order valence-corrected chi connectivity index (χ4v) is 3.67. The third kappa shape index (κ3) is 6.25. The summed E-state index contributed by atoms with van der Waals surface area (Å²) < 4.78 is 91.4. The maximum atomic E-state index is 13.7. The van der Waals surface area contributed by atoms with E-state index in [0.717, 1.165) is 30.7 Å². The average Bonchev–Trinajstić information content (AvgIpc) is 2.97. The third-order valence-corrected chi connectivity index (χ3v) is 4.95. The number of rotatable bonds is 8. The van der Waals surface area contributed by atoms with E-state index in [1.54, 1.807) is 13.8 Å². The Bertz CT molecular complexity index is 854. The number of anilines is 1. The van der Waals surface area contributed by atoms with Gasteiger partial charge in [-0.3, -0.25) is 10.6 Å². The number of carbonyl (C=O) groups excluding carboxylic acids is 3. The first kappa shape index (κ1) is 27.5. The molecule has 1 aromatic rings. The summed E-state index contributed by atoms with van der Waals surface area (Å²) in [6.07, 6.45) is -10.8. The highest BCUT2D eigenvalue weighted by Crippen LogP contribution is 2.36. The molecule has 15 heteroatoms. The molecule has 0 saturated heterocycles. The second-order valence-electron chi connectivity index (χ2n) is 6.07. The molecule has 0 bridgehead atoms. The number of amides is 2. The Morgan fingerprint density at radius 2 is 1.66 bits per heavy atom. The highest BCUT2D eigenvalue weighted by atomic mass is 32.1. The molecule has 0 spiro atoms. The summed E-state index contributed by atoms with van der Waals surface area (Å²) in [6.45, 7) is 1.19. The summed E-state index contributed by atoms with van der Waals surface area (Å²) in [6, 6.07) is -1.77. The maximum absolute atomic E-state index is 13.7. The Morgan fingerprint density at radius 3 is 2.09 bits per heavy atom. The topological polar surface area (TPSA) is 103 Å². The van der Waals surface area contributed by atoms with Crippen LogP contribution < -0.4 is 10.6 Å². The number of nitrogens with one attached hydrogen (secondary N) is 2. The number of halogens is 6. The number of ether oxygens (including phenoxy) is 3. The summed E-state index contributed by atoms with van der Waals surface area (Å²) in [7, 11) is 1.04. The molecule has 1 aromatic heterocycles. The fourth-order valence-electron chi connectivity index (χ4n) is 2.54. The van der Waals surface area contributed by atoms with Gasteiger partial charge in [-0.05, 0) is 25.8 Å². The minimum atomic E-state index is -5.84. The van der Waals surface area contributed by atoms with Gasteiger partial charge in [0.1, 0.15) is 11.6 Å². The van der Waals surface area contributed by atoms with E-state index in [9.17, 15) is 40.7 Å². The molecule has 0 radical (unpaired) electrons. The highest BCUT2D eigenvalue weighted by molar-refractivity contribution is 7.16. The number of urea groups is 1. The lowest BCUT2D eigenvalue weighted by Crippen LogP contribution is -2.67. The molecule has 0 fully saturated rings. The summed E-state index contributed by atoms with van der Waals surface area (Å²) in [5, 5.41) is 2.79. The van der Waals surface area contributed by atoms with Crippen LogP contribution >= 0.6 is 11.3 Å². The first-order valence-electron chi connectivity index (χ1n) is 8.87. The van der Waals surface area contributed by atoms with Gasteiger partial charge < -0.3 is 14.2 Å². The largest absolute Gasteiger partial charge is 0.465 e. The maximum Gasteiger partial charge on any atom is 0.448 e. The van der Waals surface area contributed by atoms with E-state index in [-0.39, 0.29) is 10.6 Å². The first-order chi connectivity index (χ1) is 14.6. The standard InChI is InChI=1S/C17H20F6N2O6S/c1-5-9-8(3)32-11(10(9)12(26)29-4)24-14(28)25-16(17(21,22)23,13(27)30-6-2)31-7-15(18,19)20/h5-7H2,1-4H3,(H2,24,25,28). The number of hydrogen-bond acceptors (Lipinski definition) is 7. The van der Waals surface area contributed by atoms with Gasteiger partial charge in [0.25, 0.3) is 0 Å². The molecule has 0 aliphatic carbocycles. The van der Waals surface area contributed by atoms with Crippen LogP contribution in [0.5, 0.6) is 0 Å². The Balaban J connectivity index is 3.38. The second kappa shape index (κ2) is 10.4. The van der Waals surface area contributed by atoms with Gasteiger partial charge in [0.05, 0.1) is 19.3 Å². The molecule has 32 heavy (non-hydrogen) atoms. The van der Waals surface area contributed by atoms with Crippen molar-refractivity contribution in [2.45, 2.75) is 45.3 Å². The number of methoxy groups -OCH3 is 1. The van der Waals surface area contributed by atoms with Crippen molar-refractivity contribution >= 4 is 34.3 Å². The smallest absolute Gasteiger partial charge is 0.448 e. The summed E-state index contributed by atoms with van der Waals surface area (Å²) >= 11 is 0.816. The lowest BCUT2D eigenvalue weighted by molar-refractivity contribution is -0.305. The Morgan fingerprint density at radius 1 is 1.06 bits per heavy atom. The monoisotopic (exact) mass is 494 g/mol. The molecule has 2 N–H and O–H groups in total. The van der Waals surface area contributed by atoms with Crippen molar-refractivity contribution in [2.75, 3.05) is 25.6 Å². The molecule has 2 amide bonds. The van der Waals surface area contributed by atoms with E-state index in [4.69, 9.17) is 0 Å². The minimum absolute atomic E-state index is 0.141. The molecule has 0 aliphatic heterocycles. The second-order valence-corrected chi connectivity index (χ2v) is 7.29. The number of alkyl halides is 6. The van der Waals surface area contributed by atoms with Gasteiger partial charge in [0.2, 0.25) is 0 Å². The molecule has 0 aromatic carbocycles. The Labute approximate surface area is 182 Å². The van der Waals surface area contributed by atoms with E-state index in [2.05, 4.69) is 14.2 Å². The van der Waals surface area contributed by atoms with Gasteiger partial charge in [0.15, 0.2) is 0 Å². The first-order valence-corrected chi connectivity index (χ1v) is 9.69. The normalized spacial score (nSPS) is 13.8. The lowest BCUT2D eigenvalue weighted by atomic mass is 10.1. The molecule has 1 unspecified atom stereocenters. The van der Waals surface area contributed by atoms with E-state index in [0.29, 0.717) is 16.9 Å². The summed E-state index contributed by atoms with van der Waals surface area (Å²) in [5.41, 5.74) is -4.16. The molecule has 8 nitrogen and oxygen atoms in total. The average molecular weight is 494 g/mol. The van der Waals surface area contributed by atoms with Crippen LogP contribution in [0.3, 0.4) is 0 Å².